The molecular formula is C14H16F3N3O2S. The van der Waals surface area contributed by atoms with Crippen LogP contribution in [-0.4, -0.2) is 41.1 Å². The smallest absolute Gasteiger partial charge is 0.475 e. The Kier molecular flexibility index (Phi) is 7.85. The summed E-state index contributed by atoms with van der Waals surface area (Å²) in [6, 6.07) is 5.85. The largest absolute Gasteiger partial charge is 0.490 e. The SMILES string of the molecule is N#Cc1ccc(SCC2CCNCC2)nc1.O=C(O)C(F)(F)F. The first-order valence-electron chi connectivity index (χ1n) is 6.82. The van der Waals surface area contributed by atoms with Gasteiger partial charge in [0, 0.05) is 11.9 Å². The lowest BCUT2D eigenvalue weighted by Crippen LogP contribution is -2.28. The summed E-state index contributed by atoms with van der Waals surface area (Å²) < 4.78 is 31.7. The zero-order valence-corrected chi connectivity index (χ0v) is 13.0. The topological polar surface area (TPSA) is 86.0 Å². The molecule has 1 aliphatic rings. The number of carboxylic acids is 1. The summed E-state index contributed by atoms with van der Waals surface area (Å²) in [5.74, 6) is -0.809. The Balaban J connectivity index is 0.000000322. The molecule has 0 bridgehead atoms. The van der Waals surface area contributed by atoms with Gasteiger partial charge in [0.25, 0.3) is 0 Å². The van der Waals surface area contributed by atoms with Crippen molar-refractivity contribution in [3.8, 4) is 6.07 Å². The number of alkyl halides is 3. The van der Waals surface area contributed by atoms with E-state index >= 15 is 0 Å². The molecule has 0 atom stereocenters. The molecule has 0 radical (unpaired) electrons. The van der Waals surface area contributed by atoms with Crippen LogP contribution in [0.1, 0.15) is 18.4 Å². The molecule has 1 aromatic rings. The van der Waals surface area contributed by atoms with Crippen LogP contribution in [-0.2, 0) is 4.79 Å². The van der Waals surface area contributed by atoms with E-state index in [4.69, 9.17) is 15.2 Å². The minimum atomic E-state index is -5.08. The number of pyridine rings is 1. The molecule has 2 N–H and O–H groups in total. The van der Waals surface area contributed by atoms with E-state index in [-0.39, 0.29) is 0 Å². The molecule has 0 amide bonds. The predicted octanol–water partition coefficient (Wildman–Crippen LogP) is 2.68. The second-order valence-electron chi connectivity index (χ2n) is 4.80. The summed E-state index contributed by atoms with van der Waals surface area (Å²) in [4.78, 5) is 13.2. The number of halogens is 3. The highest BCUT2D eigenvalue weighted by Gasteiger charge is 2.38. The second kappa shape index (κ2) is 9.37. The predicted molar refractivity (Wildman–Crippen MR) is 79.0 cm³/mol. The third-order valence-electron chi connectivity index (χ3n) is 3.03. The van der Waals surface area contributed by atoms with Gasteiger partial charge in [-0.25, -0.2) is 9.78 Å². The number of nitrogens with zero attached hydrogens (tertiary/aromatic N) is 2. The van der Waals surface area contributed by atoms with Crippen molar-refractivity contribution in [2.24, 2.45) is 5.92 Å². The number of carboxylic acid groups (broad SMARTS) is 1. The van der Waals surface area contributed by atoms with E-state index in [1.54, 1.807) is 18.0 Å². The molecule has 1 aromatic heterocycles. The molecule has 2 heterocycles. The van der Waals surface area contributed by atoms with Gasteiger partial charge >= 0.3 is 12.1 Å². The van der Waals surface area contributed by atoms with Crippen LogP contribution < -0.4 is 5.32 Å². The number of nitriles is 1. The number of nitrogens with one attached hydrogen (secondary N) is 1. The van der Waals surface area contributed by atoms with Gasteiger partial charge < -0.3 is 10.4 Å². The van der Waals surface area contributed by atoms with E-state index in [0.29, 0.717) is 5.56 Å². The average molecular weight is 347 g/mol. The van der Waals surface area contributed by atoms with Crippen LogP contribution in [0.25, 0.3) is 0 Å². The lowest BCUT2D eigenvalue weighted by atomic mass is 10.0. The van der Waals surface area contributed by atoms with Gasteiger partial charge in [-0.1, -0.05) is 0 Å². The summed E-state index contributed by atoms with van der Waals surface area (Å²) in [7, 11) is 0. The van der Waals surface area contributed by atoms with Crippen LogP contribution in [0.15, 0.2) is 23.4 Å². The third kappa shape index (κ3) is 7.85. The number of hydrogen-bond donors (Lipinski definition) is 2. The molecule has 0 aromatic carbocycles. The van der Waals surface area contributed by atoms with E-state index in [2.05, 4.69) is 16.4 Å². The second-order valence-corrected chi connectivity index (χ2v) is 5.84. The Bertz CT molecular complexity index is 538. The van der Waals surface area contributed by atoms with Crippen molar-refractivity contribution < 1.29 is 23.1 Å². The molecule has 2 rings (SSSR count). The van der Waals surface area contributed by atoms with Crippen molar-refractivity contribution in [3.63, 3.8) is 0 Å². The van der Waals surface area contributed by atoms with Gasteiger partial charge in [0.1, 0.15) is 6.07 Å². The van der Waals surface area contributed by atoms with E-state index < -0.39 is 12.1 Å². The molecule has 0 saturated carbocycles. The maximum absolute atomic E-state index is 10.6. The Morgan fingerprint density at radius 2 is 2.04 bits per heavy atom. The Morgan fingerprint density at radius 1 is 1.43 bits per heavy atom. The zero-order valence-electron chi connectivity index (χ0n) is 12.1. The Morgan fingerprint density at radius 3 is 2.48 bits per heavy atom. The van der Waals surface area contributed by atoms with Crippen LogP contribution in [0, 0.1) is 17.2 Å². The maximum Gasteiger partial charge on any atom is 0.490 e. The van der Waals surface area contributed by atoms with E-state index in [9.17, 15) is 13.2 Å². The number of piperidine rings is 1. The standard InChI is InChI=1S/C12H15N3S.C2HF3O2/c13-7-11-1-2-12(15-8-11)16-9-10-3-5-14-6-4-10;3-2(4,5)1(6)7/h1-2,8,10,14H,3-6,9H2;(H,6,7). The molecule has 1 fully saturated rings. The quantitative estimate of drug-likeness (QED) is 0.818. The van der Waals surface area contributed by atoms with Crippen molar-refractivity contribution in [1.82, 2.24) is 10.3 Å². The minimum Gasteiger partial charge on any atom is -0.475 e. The van der Waals surface area contributed by atoms with Gasteiger partial charge in [-0.2, -0.15) is 18.4 Å². The first-order chi connectivity index (χ1) is 10.8. The molecule has 0 spiro atoms. The summed E-state index contributed by atoms with van der Waals surface area (Å²) in [5.41, 5.74) is 0.631. The van der Waals surface area contributed by atoms with Gasteiger partial charge in [0.2, 0.25) is 0 Å². The lowest BCUT2D eigenvalue weighted by molar-refractivity contribution is -0.192. The first kappa shape index (κ1) is 19.3. The molecule has 5 nitrogen and oxygen atoms in total. The van der Waals surface area contributed by atoms with Gasteiger partial charge in [0.05, 0.1) is 10.6 Å². The molecular weight excluding hydrogens is 331 g/mol. The van der Waals surface area contributed by atoms with Crippen LogP contribution in [0.2, 0.25) is 0 Å². The summed E-state index contributed by atoms with van der Waals surface area (Å²) in [6.07, 6.45) is -0.905. The van der Waals surface area contributed by atoms with Crippen molar-refractivity contribution in [3.05, 3.63) is 23.9 Å². The Hall–Kier alpha value is -1.79. The van der Waals surface area contributed by atoms with Gasteiger partial charge in [-0.05, 0) is 44.0 Å². The van der Waals surface area contributed by atoms with Crippen molar-refractivity contribution >= 4 is 17.7 Å². The fraction of sp³-hybridized carbons (Fsp3) is 0.500. The number of rotatable bonds is 3. The fourth-order valence-electron chi connectivity index (χ4n) is 1.78. The summed E-state index contributed by atoms with van der Waals surface area (Å²) in [6.45, 7) is 2.29. The van der Waals surface area contributed by atoms with E-state index in [1.165, 1.54) is 12.8 Å². The van der Waals surface area contributed by atoms with Gasteiger partial charge in [0.15, 0.2) is 0 Å². The molecule has 0 aliphatic carbocycles. The van der Waals surface area contributed by atoms with Crippen LogP contribution >= 0.6 is 11.8 Å². The van der Waals surface area contributed by atoms with E-state index in [0.717, 1.165) is 29.8 Å². The van der Waals surface area contributed by atoms with E-state index in [1.807, 2.05) is 12.1 Å². The molecule has 126 valence electrons. The first-order valence-corrected chi connectivity index (χ1v) is 7.81. The maximum atomic E-state index is 10.6. The van der Waals surface area contributed by atoms with Gasteiger partial charge in [-0.15, -0.1) is 11.8 Å². The van der Waals surface area contributed by atoms with Gasteiger partial charge in [-0.3, -0.25) is 0 Å². The lowest BCUT2D eigenvalue weighted by Gasteiger charge is -2.21. The highest BCUT2D eigenvalue weighted by atomic mass is 32.2. The zero-order chi connectivity index (χ0) is 17.3. The minimum absolute atomic E-state index is 0.631. The fourth-order valence-corrected chi connectivity index (χ4v) is 2.81. The van der Waals surface area contributed by atoms with Crippen LogP contribution in [0.3, 0.4) is 0 Å². The molecule has 9 heteroatoms. The number of aliphatic carboxylic acids is 1. The highest BCUT2D eigenvalue weighted by Crippen LogP contribution is 2.23. The normalized spacial score (nSPS) is 15.2. The molecule has 0 unspecified atom stereocenters. The van der Waals surface area contributed by atoms with Crippen molar-refractivity contribution in [2.45, 2.75) is 24.0 Å². The monoisotopic (exact) mass is 347 g/mol. The number of hydrogen-bond acceptors (Lipinski definition) is 5. The third-order valence-corrected chi connectivity index (χ3v) is 4.21. The number of aromatic nitrogens is 1. The van der Waals surface area contributed by atoms with Crippen LogP contribution in [0.4, 0.5) is 13.2 Å². The van der Waals surface area contributed by atoms with Crippen LogP contribution in [0.5, 0.6) is 0 Å². The van der Waals surface area contributed by atoms with Crippen molar-refractivity contribution in [1.29, 1.82) is 5.26 Å². The average Bonchev–Trinajstić information content (AvgIpc) is 2.54. The Labute approximate surface area is 135 Å². The number of thioether (sulfide) groups is 1. The molecule has 1 saturated heterocycles. The highest BCUT2D eigenvalue weighted by molar-refractivity contribution is 7.99. The summed E-state index contributed by atoms with van der Waals surface area (Å²) in [5, 5.41) is 20.2. The number of carbonyl (C=O) groups is 1. The van der Waals surface area contributed by atoms with Crippen molar-refractivity contribution in [2.75, 3.05) is 18.8 Å². The summed E-state index contributed by atoms with van der Waals surface area (Å²) >= 11 is 1.80. The molecule has 1 aliphatic heterocycles. The molecule has 23 heavy (non-hydrogen) atoms.